The molecule has 0 bridgehead atoms. The number of ether oxygens (including phenoxy) is 7. The zero-order valence-corrected chi connectivity index (χ0v) is 36.1. The van der Waals surface area contributed by atoms with E-state index in [2.05, 4.69) is 29.6 Å². The summed E-state index contributed by atoms with van der Waals surface area (Å²) < 4.78 is 68.7. The molecule has 0 amide bonds. The molecule has 0 unspecified atom stereocenters. The molecule has 346 valence electrons. The number of hydrogen-bond acceptors (Lipinski definition) is 21. The SMILES string of the molecule is COc1ccccc1Oc1c(OCCOC(=O)OCCCCCO[N+](=O)[O-])nc(-c2ncccn2)nc1N(COC(=O)OCCCCO[N+](=O)[O-])S(=O)(=O)c1ccc(C(C)(C)C)cc1. The van der Waals surface area contributed by atoms with Crippen LogP contribution in [0.25, 0.3) is 11.6 Å². The van der Waals surface area contributed by atoms with Crippen LogP contribution in [-0.4, -0.2) is 104 Å². The summed E-state index contributed by atoms with van der Waals surface area (Å²) in [4.78, 5) is 71.7. The van der Waals surface area contributed by atoms with E-state index in [0.717, 1.165) is 5.56 Å². The van der Waals surface area contributed by atoms with E-state index in [0.29, 0.717) is 23.6 Å². The molecule has 24 nitrogen and oxygen atoms in total. The number of methoxy groups -OCH3 is 1. The van der Waals surface area contributed by atoms with Gasteiger partial charge in [0.2, 0.25) is 11.6 Å². The number of sulfonamides is 1. The van der Waals surface area contributed by atoms with Gasteiger partial charge in [-0.2, -0.15) is 4.98 Å². The minimum Gasteiger partial charge on any atom is -0.493 e. The van der Waals surface area contributed by atoms with Gasteiger partial charge in [0.1, 0.15) is 13.2 Å². The van der Waals surface area contributed by atoms with Crippen LogP contribution in [0.1, 0.15) is 58.4 Å². The third kappa shape index (κ3) is 15.5. The molecule has 0 fully saturated rings. The van der Waals surface area contributed by atoms with Crippen LogP contribution >= 0.6 is 0 Å². The van der Waals surface area contributed by atoms with Crippen LogP contribution in [-0.2, 0) is 44.1 Å². The topological polar surface area (TPSA) is 292 Å². The van der Waals surface area contributed by atoms with Crippen molar-refractivity contribution in [3.63, 3.8) is 0 Å². The van der Waals surface area contributed by atoms with Gasteiger partial charge in [0.25, 0.3) is 26.1 Å². The van der Waals surface area contributed by atoms with Gasteiger partial charge in [-0.3, -0.25) is 0 Å². The van der Waals surface area contributed by atoms with Crippen molar-refractivity contribution >= 4 is 28.2 Å². The van der Waals surface area contributed by atoms with E-state index < -0.39 is 69.9 Å². The number of rotatable bonds is 26. The molecular formula is C39H47N7O17S. The van der Waals surface area contributed by atoms with E-state index in [4.69, 9.17) is 33.2 Å². The Hall–Kier alpha value is -7.31. The number of nitrogens with zero attached hydrogens (tertiary/aromatic N) is 7. The summed E-state index contributed by atoms with van der Waals surface area (Å²) in [7, 11) is -3.38. The Morgan fingerprint density at radius 3 is 1.86 bits per heavy atom. The number of anilines is 1. The van der Waals surface area contributed by atoms with Gasteiger partial charge in [-0.05, 0) is 73.4 Å². The Bertz CT molecular complexity index is 2260. The first-order chi connectivity index (χ1) is 30.6. The van der Waals surface area contributed by atoms with Gasteiger partial charge in [0.15, 0.2) is 29.9 Å². The van der Waals surface area contributed by atoms with Crippen LogP contribution in [0.3, 0.4) is 0 Å². The highest BCUT2D eigenvalue weighted by atomic mass is 32.2. The second kappa shape index (κ2) is 24.4. The molecule has 2 heterocycles. The highest BCUT2D eigenvalue weighted by Gasteiger charge is 2.35. The lowest BCUT2D eigenvalue weighted by Gasteiger charge is -2.26. The van der Waals surface area contributed by atoms with Gasteiger partial charge in [0.05, 0.1) is 38.4 Å². The Kier molecular flexibility index (Phi) is 18.8. The summed E-state index contributed by atoms with van der Waals surface area (Å²) in [6.45, 7) is 3.36. The maximum absolute atomic E-state index is 14.8. The van der Waals surface area contributed by atoms with Crippen LogP contribution < -0.4 is 18.5 Å². The molecule has 25 heteroatoms. The smallest absolute Gasteiger partial charge is 0.493 e. The molecule has 0 spiro atoms. The molecular weight excluding hydrogens is 871 g/mol. The maximum Gasteiger partial charge on any atom is 0.510 e. The number of hydrogen-bond donors (Lipinski definition) is 0. The highest BCUT2D eigenvalue weighted by Crippen LogP contribution is 2.43. The lowest BCUT2D eigenvalue weighted by Crippen LogP contribution is -2.36. The molecule has 2 aromatic carbocycles. The van der Waals surface area contributed by atoms with E-state index in [1.165, 1.54) is 43.8 Å². The molecule has 0 aliphatic carbocycles. The Balaban J connectivity index is 1.74. The lowest BCUT2D eigenvalue weighted by atomic mass is 9.87. The predicted molar refractivity (Wildman–Crippen MR) is 220 cm³/mol. The summed E-state index contributed by atoms with van der Waals surface area (Å²) in [5.41, 5.74) is 0.469. The number of aromatic nitrogens is 4. The minimum atomic E-state index is -4.76. The van der Waals surface area contributed by atoms with Gasteiger partial charge in [-0.25, -0.2) is 37.3 Å². The van der Waals surface area contributed by atoms with Crippen LogP contribution in [0.4, 0.5) is 15.4 Å². The lowest BCUT2D eigenvalue weighted by molar-refractivity contribution is -0.757. The molecule has 0 saturated carbocycles. The number of carbonyl (C=O) groups excluding carboxylic acids is 2. The zero-order chi connectivity index (χ0) is 46.5. The van der Waals surface area contributed by atoms with Crippen molar-refractivity contribution < 1.29 is 71.0 Å². The number of para-hydroxylation sites is 2. The Morgan fingerprint density at radius 1 is 0.688 bits per heavy atom. The summed E-state index contributed by atoms with van der Waals surface area (Å²) in [6, 6.07) is 13.9. The third-order valence-electron chi connectivity index (χ3n) is 8.41. The summed E-state index contributed by atoms with van der Waals surface area (Å²) in [6.07, 6.45) is 1.98. The normalized spacial score (nSPS) is 11.1. The Labute approximate surface area is 366 Å². The number of benzene rings is 2. The molecule has 2 aromatic heterocycles. The van der Waals surface area contributed by atoms with Gasteiger partial charge in [-0.1, -0.05) is 45.0 Å². The van der Waals surface area contributed by atoms with E-state index >= 15 is 0 Å². The van der Waals surface area contributed by atoms with Crippen molar-refractivity contribution in [2.24, 2.45) is 0 Å². The van der Waals surface area contributed by atoms with Crippen LogP contribution in [0.2, 0.25) is 0 Å². The molecule has 0 saturated heterocycles. The van der Waals surface area contributed by atoms with Crippen molar-refractivity contribution in [2.75, 3.05) is 57.8 Å². The highest BCUT2D eigenvalue weighted by molar-refractivity contribution is 7.92. The molecule has 4 rings (SSSR count). The fraction of sp³-hybridized carbons (Fsp3) is 0.436. The first kappa shape index (κ1) is 49.3. The average Bonchev–Trinajstić information content (AvgIpc) is 3.26. The van der Waals surface area contributed by atoms with E-state index in [1.807, 2.05) is 20.8 Å². The second-order valence-corrected chi connectivity index (χ2v) is 15.9. The molecule has 64 heavy (non-hydrogen) atoms. The monoisotopic (exact) mass is 917 g/mol. The van der Waals surface area contributed by atoms with Crippen molar-refractivity contribution in [3.05, 3.63) is 92.8 Å². The summed E-state index contributed by atoms with van der Waals surface area (Å²) >= 11 is 0. The fourth-order valence-corrected chi connectivity index (χ4v) is 6.51. The maximum atomic E-state index is 14.8. The molecule has 0 radical (unpaired) electrons. The van der Waals surface area contributed by atoms with Crippen molar-refractivity contribution in [1.29, 1.82) is 0 Å². The third-order valence-corrected chi connectivity index (χ3v) is 10.1. The van der Waals surface area contributed by atoms with Gasteiger partial charge in [-0.15, -0.1) is 20.2 Å². The number of carbonyl (C=O) groups is 2. The molecule has 0 aliphatic heterocycles. The first-order valence-electron chi connectivity index (χ1n) is 19.5. The van der Waals surface area contributed by atoms with E-state index in [9.17, 15) is 38.2 Å². The van der Waals surface area contributed by atoms with E-state index in [1.54, 1.807) is 30.3 Å². The largest absolute Gasteiger partial charge is 0.510 e. The number of unbranched alkanes of at least 4 members (excludes halogenated alkanes) is 3. The quantitative estimate of drug-likeness (QED) is 0.0221. The van der Waals surface area contributed by atoms with E-state index in [-0.39, 0.29) is 72.7 Å². The second-order valence-electron chi connectivity index (χ2n) is 14.0. The van der Waals surface area contributed by atoms with Gasteiger partial charge in [0, 0.05) is 12.4 Å². The first-order valence-corrected chi connectivity index (χ1v) is 20.9. The van der Waals surface area contributed by atoms with Crippen molar-refractivity contribution in [2.45, 2.75) is 63.2 Å². The fourth-order valence-electron chi connectivity index (χ4n) is 5.23. The van der Waals surface area contributed by atoms with Gasteiger partial charge >= 0.3 is 12.3 Å². The zero-order valence-electron chi connectivity index (χ0n) is 35.3. The minimum absolute atomic E-state index is 0.0392. The van der Waals surface area contributed by atoms with Crippen LogP contribution in [0.15, 0.2) is 71.9 Å². The summed E-state index contributed by atoms with van der Waals surface area (Å²) in [5, 5.41) is 18.9. The summed E-state index contributed by atoms with van der Waals surface area (Å²) in [5.74, 6) is -1.50. The molecule has 0 N–H and O–H groups in total. The van der Waals surface area contributed by atoms with Gasteiger partial charge < -0.3 is 42.8 Å². The van der Waals surface area contributed by atoms with Crippen molar-refractivity contribution in [1.82, 2.24) is 19.9 Å². The van der Waals surface area contributed by atoms with Crippen molar-refractivity contribution in [3.8, 4) is 34.8 Å². The average molecular weight is 918 g/mol. The molecule has 4 aromatic rings. The molecule has 0 atom stereocenters. The molecule has 0 aliphatic rings. The van der Waals surface area contributed by atoms with Crippen LogP contribution in [0.5, 0.6) is 23.1 Å². The van der Waals surface area contributed by atoms with Crippen LogP contribution in [0, 0.1) is 20.2 Å². The predicted octanol–water partition coefficient (Wildman–Crippen LogP) is 6.24. The Morgan fingerprint density at radius 2 is 1.25 bits per heavy atom. The standard InChI is InChI=1S/C39H47N7O17S/c1-39(2,3)28-15-17-29(18-16-28)64(53,54)44(27-60-38(48)58-22-10-11-24-62-46(51)52)35-32(63-31-14-7-6-13-30(31)55-4)36(43-34(42-35)33-40-19-12-20-41-33)56-25-26-59-37(47)57-21-8-5-9-23-61-45(49)50/h6-7,12-20H,5,8-11,21-27H2,1-4H3.